The number of hydrogen-bond donors (Lipinski definition) is 0. The standard InChI is InChI=1S/C20H18S/c1-3-10-15(4-2)19-17-13-8-9-14-18(17)21-20(19)16-11-6-5-7-12-16/h3-14H,1-2H3. The first-order valence-corrected chi connectivity index (χ1v) is 8.03. The summed E-state index contributed by atoms with van der Waals surface area (Å²) in [5.74, 6) is 0. The highest BCUT2D eigenvalue weighted by Crippen LogP contribution is 2.42. The molecule has 0 spiro atoms. The van der Waals surface area contributed by atoms with E-state index >= 15 is 0 Å². The molecule has 0 bridgehead atoms. The van der Waals surface area contributed by atoms with E-state index in [1.165, 1.54) is 31.7 Å². The largest absolute Gasteiger partial charge is 0.135 e. The van der Waals surface area contributed by atoms with E-state index in [1.54, 1.807) is 0 Å². The lowest BCUT2D eigenvalue weighted by Gasteiger charge is -2.06. The smallest absolute Gasteiger partial charge is 0.0433 e. The average Bonchev–Trinajstić information content (AvgIpc) is 2.93. The number of allylic oxidation sites excluding steroid dienone is 4. The molecule has 0 aliphatic carbocycles. The third-order valence-corrected chi connectivity index (χ3v) is 4.80. The van der Waals surface area contributed by atoms with Crippen LogP contribution in [0.2, 0.25) is 0 Å². The van der Waals surface area contributed by atoms with Gasteiger partial charge in [0.15, 0.2) is 0 Å². The predicted octanol–water partition coefficient (Wildman–Crippen LogP) is 6.55. The number of hydrogen-bond acceptors (Lipinski definition) is 1. The number of rotatable bonds is 3. The maximum absolute atomic E-state index is 2.22. The van der Waals surface area contributed by atoms with Gasteiger partial charge in [-0.3, -0.25) is 0 Å². The molecule has 0 aliphatic rings. The van der Waals surface area contributed by atoms with E-state index in [4.69, 9.17) is 0 Å². The van der Waals surface area contributed by atoms with E-state index in [9.17, 15) is 0 Å². The lowest BCUT2D eigenvalue weighted by atomic mass is 9.98. The highest BCUT2D eigenvalue weighted by Gasteiger charge is 2.15. The fraction of sp³-hybridized carbons (Fsp3) is 0.100. The van der Waals surface area contributed by atoms with Gasteiger partial charge in [-0.2, -0.15) is 0 Å². The van der Waals surface area contributed by atoms with Crippen LogP contribution in [0, 0.1) is 0 Å². The van der Waals surface area contributed by atoms with Gasteiger partial charge < -0.3 is 0 Å². The van der Waals surface area contributed by atoms with Crippen LogP contribution in [0.5, 0.6) is 0 Å². The number of fused-ring (bicyclic) bond motifs is 1. The molecule has 0 fully saturated rings. The van der Waals surface area contributed by atoms with Gasteiger partial charge in [-0.25, -0.2) is 0 Å². The fourth-order valence-corrected chi connectivity index (χ4v) is 3.86. The predicted molar refractivity (Wildman–Crippen MR) is 95.7 cm³/mol. The van der Waals surface area contributed by atoms with E-state index < -0.39 is 0 Å². The zero-order valence-corrected chi connectivity index (χ0v) is 13.2. The maximum Gasteiger partial charge on any atom is 0.0433 e. The zero-order chi connectivity index (χ0) is 14.7. The molecule has 0 atom stereocenters. The monoisotopic (exact) mass is 290 g/mol. The van der Waals surface area contributed by atoms with Gasteiger partial charge >= 0.3 is 0 Å². The van der Waals surface area contributed by atoms with Gasteiger partial charge in [0.25, 0.3) is 0 Å². The molecular formula is C20H18S. The van der Waals surface area contributed by atoms with Crippen molar-refractivity contribution in [2.75, 3.05) is 0 Å². The van der Waals surface area contributed by atoms with Crippen molar-refractivity contribution in [2.45, 2.75) is 13.8 Å². The van der Waals surface area contributed by atoms with Gasteiger partial charge in [-0.05, 0) is 31.1 Å². The van der Waals surface area contributed by atoms with Crippen molar-refractivity contribution in [3.63, 3.8) is 0 Å². The lowest BCUT2D eigenvalue weighted by Crippen LogP contribution is -1.83. The minimum atomic E-state index is 1.29. The maximum atomic E-state index is 2.22. The van der Waals surface area contributed by atoms with Crippen LogP contribution in [0.1, 0.15) is 19.4 Å². The van der Waals surface area contributed by atoms with E-state index in [0.717, 1.165) is 0 Å². The molecule has 0 radical (unpaired) electrons. The Morgan fingerprint density at radius 1 is 0.905 bits per heavy atom. The van der Waals surface area contributed by atoms with Gasteiger partial charge in [0, 0.05) is 20.5 Å². The van der Waals surface area contributed by atoms with Crippen molar-refractivity contribution in [1.82, 2.24) is 0 Å². The SMILES string of the molecule is CC=CC(=CC)c1c(-c2ccccc2)sc2ccccc12. The van der Waals surface area contributed by atoms with Crippen LogP contribution in [0.25, 0.3) is 26.1 Å². The lowest BCUT2D eigenvalue weighted by molar-refractivity contribution is 1.64. The van der Waals surface area contributed by atoms with Crippen molar-refractivity contribution >= 4 is 27.0 Å². The second-order valence-electron chi connectivity index (χ2n) is 4.91. The minimum Gasteiger partial charge on any atom is -0.135 e. The van der Waals surface area contributed by atoms with Crippen molar-refractivity contribution in [3.8, 4) is 10.4 Å². The van der Waals surface area contributed by atoms with Crippen LogP contribution in [-0.4, -0.2) is 0 Å². The molecule has 0 saturated heterocycles. The van der Waals surface area contributed by atoms with E-state index in [1.807, 2.05) is 11.3 Å². The van der Waals surface area contributed by atoms with Gasteiger partial charge in [-0.15, -0.1) is 11.3 Å². The van der Waals surface area contributed by atoms with Crippen molar-refractivity contribution < 1.29 is 0 Å². The van der Waals surface area contributed by atoms with Gasteiger partial charge in [0.2, 0.25) is 0 Å². The quantitative estimate of drug-likeness (QED) is 0.480. The molecule has 3 aromatic rings. The average molecular weight is 290 g/mol. The zero-order valence-electron chi connectivity index (χ0n) is 12.3. The van der Waals surface area contributed by atoms with Crippen LogP contribution in [0.15, 0.2) is 72.8 Å². The minimum absolute atomic E-state index is 1.29. The highest BCUT2D eigenvalue weighted by atomic mass is 32.1. The summed E-state index contributed by atoms with van der Waals surface area (Å²) < 4.78 is 1.34. The summed E-state index contributed by atoms with van der Waals surface area (Å²) in [6.45, 7) is 4.18. The molecule has 2 aromatic carbocycles. The molecule has 21 heavy (non-hydrogen) atoms. The molecule has 1 heterocycles. The third kappa shape index (κ3) is 2.57. The van der Waals surface area contributed by atoms with E-state index in [2.05, 4.69) is 86.7 Å². The van der Waals surface area contributed by atoms with Gasteiger partial charge in [0.1, 0.15) is 0 Å². The Labute approximate surface area is 130 Å². The molecule has 0 N–H and O–H groups in total. The summed E-state index contributed by atoms with van der Waals surface area (Å²) in [6, 6.07) is 19.3. The Morgan fingerprint density at radius 3 is 2.33 bits per heavy atom. The molecule has 1 aromatic heterocycles. The number of thiophene rings is 1. The van der Waals surface area contributed by atoms with E-state index in [-0.39, 0.29) is 0 Å². The number of benzene rings is 2. The van der Waals surface area contributed by atoms with Crippen LogP contribution < -0.4 is 0 Å². The topological polar surface area (TPSA) is 0 Å². The van der Waals surface area contributed by atoms with Crippen molar-refractivity contribution in [2.24, 2.45) is 0 Å². The van der Waals surface area contributed by atoms with Crippen LogP contribution in [0.3, 0.4) is 0 Å². The van der Waals surface area contributed by atoms with Crippen LogP contribution in [-0.2, 0) is 0 Å². The third-order valence-electron chi connectivity index (χ3n) is 3.58. The summed E-state index contributed by atoms with van der Waals surface area (Å²) in [5, 5.41) is 1.34. The molecule has 0 nitrogen and oxygen atoms in total. The van der Waals surface area contributed by atoms with Crippen molar-refractivity contribution in [3.05, 3.63) is 78.4 Å². The first kappa shape index (κ1) is 13.8. The Hall–Kier alpha value is -2.12. The Balaban J connectivity index is 2.34. The van der Waals surface area contributed by atoms with Gasteiger partial charge in [0.05, 0.1) is 0 Å². The van der Waals surface area contributed by atoms with E-state index in [0.29, 0.717) is 0 Å². The van der Waals surface area contributed by atoms with Crippen LogP contribution in [0.4, 0.5) is 0 Å². The normalized spacial score (nSPS) is 12.4. The fourth-order valence-electron chi connectivity index (χ4n) is 2.63. The molecule has 1 heteroatoms. The summed E-state index contributed by atoms with van der Waals surface area (Å²) in [5.41, 5.74) is 3.92. The molecule has 0 unspecified atom stereocenters. The Morgan fingerprint density at radius 2 is 1.62 bits per heavy atom. The van der Waals surface area contributed by atoms with Crippen molar-refractivity contribution in [1.29, 1.82) is 0 Å². The molecular weight excluding hydrogens is 272 g/mol. The first-order chi connectivity index (χ1) is 10.3. The Bertz CT molecular complexity index is 804. The summed E-state index contributed by atoms with van der Waals surface area (Å²) >= 11 is 1.87. The molecule has 0 aliphatic heterocycles. The summed E-state index contributed by atoms with van der Waals surface area (Å²) in [6.07, 6.45) is 6.50. The second-order valence-corrected chi connectivity index (χ2v) is 5.96. The van der Waals surface area contributed by atoms with Gasteiger partial charge in [-0.1, -0.05) is 66.8 Å². The second kappa shape index (κ2) is 6.11. The highest BCUT2D eigenvalue weighted by molar-refractivity contribution is 7.22. The molecule has 104 valence electrons. The van der Waals surface area contributed by atoms with Crippen LogP contribution >= 0.6 is 11.3 Å². The Kier molecular flexibility index (Phi) is 4.03. The molecule has 3 rings (SSSR count). The molecule has 0 saturated carbocycles. The summed E-state index contributed by atoms with van der Waals surface area (Å²) in [4.78, 5) is 1.35. The summed E-state index contributed by atoms with van der Waals surface area (Å²) in [7, 11) is 0. The first-order valence-electron chi connectivity index (χ1n) is 7.21. The molecule has 0 amide bonds.